The number of aromatic nitrogens is 1. The van der Waals surface area contributed by atoms with E-state index in [1.165, 1.54) is 7.11 Å². The predicted molar refractivity (Wildman–Crippen MR) is 60.2 cm³/mol. The molecule has 0 aliphatic heterocycles. The minimum Gasteiger partial charge on any atom is -0.465 e. The molecule has 0 amide bonds. The van der Waals surface area contributed by atoms with Crippen LogP contribution < -0.4 is 5.73 Å². The van der Waals surface area contributed by atoms with Gasteiger partial charge in [0.25, 0.3) is 0 Å². The highest BCUT2D eigenvalue weighted by Gasteiger charge is 2.26. The predicted octanol–water partition coefficient (Wildman–Crippen LogP) is 0.421. The van der Waals surface area contributed by atoms with Crippen LogP contribution in [0.25, 0.3) is 0 Å². The number of aliphatic hydroxyl groups excluding tert-OH is 1. The highest BCUT2D eigenvalue weighted by atomic mass is 16.5. The molecule has 0 saturated carbocycles. The summed E-state index contributed by atoms with van der Waals surface area (Å²) in [5, 5.41) is 9.83. The molecule has 0 aliphatic rings. The first-order chi connectivity index (χ1) is 7.45. The van der Waals surface area contributed by atoms with Gasteiger partial charge in [-0.25, -0.2) is 4.79 Å². The van der Waals surface area contributed by atoms with Gasteiger partial charge in [0, 0.05) is 30.5 Å². The number of aliphatic hydroxyl groups is 1. The molecule has 0 spiro atoms. The van der Waals surface area contributed by atoms with Gasteiger partial charge in [-0.15, -0.1) is 0 Å². The summed E-state index contributed by atoms with van der Waals surface area (Å²) < 4.78 is 6.56. The van der Waals surface area contributed by atoms with Crippen molar-refractivity contribution >= 4 is 5.97 Å². The Hall–Kier alpha value is -1.33. The molecule has 90 valence electrons. The molecular weight excluding hydrogens is 208 g/mol. The summed E-state index contributed by atoms with van der Waals surface area (Å²) in [4.78, 5) is 11.7. The number of carbonyl (C=O) groups excluding carboxylic acids is 1. The van der Waals surface area contributed by atoms with Crippen molar-refractivity contribution in [3.63, 3.8) is 0 Å². The highest BCUT2D eigenvalue weighted by Crippen LogP contribution is 2.27. The Balaban J connectivity index is 3.45. The molecule has 1 aromatic heterocycles. The summed E-state index contributed by atoms with van der Waals surface area (Å²) in [6, 6.07) is 0. The second kappa shape index (κ2) is 4.67. The normalized spacial score (nSPS) is 12.6. The van der Waals surface area contributed by atoms with Crippen LogP contribution in [0.1, 0.15) is 33.4 Å². The molecule has 5 heteroatoms. The number of esters is 1. The summed E-state index contributed by atoms with van der Waals surface area (Å²) in [6.07, 6.45) is -0.839. The first-order valence-corrected chi connectivity index (χ1v) is 5.07. The molecule has 0 radical (unpaired) electrons. The number of nitrogens with two attached hydrogens (primary N) is 1. The maximum Gasteiger partial charge on any atom is 0.340 e. The molecule has 0 aliphatic carbocycles. The lowest BCUT2D eigenvalue weighted by Gasteiger charge is -2.10. The zero-order valence-corrected chi connectivity index (χ0v) is 10.1. The number of carbonyl (C=O) groups is 1. The van der Waals surface area contributed by atoms with Crippen molar-refractivity contribution in [3.8, 4) is 0 Å². The van der Waals surface area contributed by atoms with Crippen LogP contribution in [0.2, 0.25) is 0 Å². The molecule has 3 N–H and O–H groups in total. The lowest BCUT2D eigenvalue weighted by atomic mass is 10.0. The van der Waals surface area contributed by atoms with E-state index in [2.05, 4.69) is 0 Å². The SMILES string of the molecule is COC(=O)c1c([C@@H](O)CN)c(C)n(C)c1C. The molecule has 1 rings (SSSR count). The van der Waals surface area contributed by atoms with E-state index in [9.17, 15) is 9.90 Å². The average molecular weight is 226 g/mol. The average Bonchev–Trinajstić information content (AvgIpc) is 2.51. The van der Waals surface area contributed by atoms with Crippen LogP contribution >= 0.6 is 0 Å². The minimum atomic E-state index is -0.839. The third kappa shape index (κ3) is 1.83. The molecule has 1 atom stereocenters. The molecule has 1 aromatic rings. The number of methoxy groups -OCH3 is 1. The molecule has 0 fully saturated rings. The van der Waals surface area contributed by atoms with Crippen LogP contribution in [0.5, 0.6) is 0 Å². The van der Waals surface area contributed by atoms with E-state index in [4.69, 9.17) is 10.5 Å². The Kier molecular flexibility index (Phi) is 3.72. The van der Waals surface area contributed by atoms with Gasteiger partial charge >= 0.3 is 5.97 Å². The Morgan fingerprint density at radius 2 is 2.06 bits per heavy atom. The number of ether oxygens (including phenoxy) is 1. The van der Waals surface area contributed by atoms with Crippen molar-refractivity contribution in [2.45, 2.75) is 20.0 Å². The fourth-order valence-corrected chi connectivity index (χ4v) is 1.86. The van der Waals surface area contributed by atoms with Crippen molar-refractivity contribution in [1.29, 1.82) is 0 Å². The largest absolute Gasteiger partial charge is 0.465 e. The second-order valence-corrected chi connectivity index (χ2v) is 3.76. The van der Waals surface area contributed by atoms with Gasteiger partial charge in [-0.05, 0) is 13.8 Å². The van der Waals surface area contributed by atoms with Crippen LogP contribution in [-0.2, 0) is 11.8 Å². The third-order valence-corrected chi connectivity index (χ3v) is 2.97. The summed E-state index contributed by atoms with van der Waals surface area (Å²) in [5.41, 5.74) is 8.01. The van der Waals surface area contributed by atoms with Crippen molar-refractivity contribution in [2.75, 3.05) is 13.7 Å². The molecule has 5 nitrogen and oxygen atoms in total. The fourth-order valence-electron chi connectivity index (χ4n) is 1.86. The van der Waals surface area contributed by atoms with E-state index in [1.807, 2.05) is 25.5 Å². The number of hydrogen-bond acceptors (Lipinski definition) is 4. The first kappa shape index (κ1) is 12.7. The Labute approximate surface area is 94.8 Å². The van der Waals surface area contributed by atoms with Gasteiger partial charge in [-0.3, -0.25) is 0 Å². The van der Waals surface area contributed by atoms with Crippen molar-refractivity contribution in [2.24, 2.45) is 12.8 Å². The molecule has 0 unspecified atom stereocenters. The lowest BCUT2D eigenvalue weighted by Crippen LogP contribution is -2.16. The second-order valence-electron chi connectivity index (χ2n) is 3.76. The number of hydrogen-bond donors (Lipinski definition) is 2. The van der Waals surface area contributed by atoms with E-state index in [0.717, 1.165) is 11.4 Å². The van der Waals surface area contributed by atoms with E-state index in [0.29, 0.717) is 11.1 Å². The standard InChI is InChI=1S/C11H18N2O3/c1-6-9(8(14)5-12)10(11(15)16-4)7(2)13(6)3/h8,14H,5,12H2,1-4H3/t8-/m0/s1. The summed E-state index contributed by atoms with van der Waals surface area (Å²) in [6.45, 7) is 3.73. The maximum atomic E-state index is 11.7. The molecule has 0 bridgehead atoms. The maximum absolute atomic E-state index is 11.7. The van der Waals surface area contributed by atoms with Gasteiger partial charge in [-0.2, -0.15) is 0 Å². The van der Waals surface area contributed by atoms with Gasteiger partial charge in [0.1, 0.15) is 0 Å². The molecular formula is C11H18N2O3. The van der Waals surface area contributed by atoms with Gasteiger partial charge < -0.3 is 20.1 Å². The van der Waals surface area contributed by atoms with Crippen molar-refractivity contribution in [3.05, 3.63) is 22.5 Å². The van der Waals surface area contributed by atoms with Gasteiger partial charge in [0.2, 0.25) is 0 Å². The Morgan fingerprint density at radius 1 is 1.50 bits per heavy atom. The summed E-state index contributed by atoms with van der Waals surface area (Å²) >= 11 is 0. The Morgan fingerprint density at radius 3 is 2.50 bits per heavy atom. The van der Waals surface area contributed by atoms with Crippen LogP contribution in [-0.4, -0.2) is 29.3 Å². The van der Waals surface area contributed by atoms with Crippen LogP contribution in [0, 0.1) is 13.8 Å². The monoisotopic (exact) mass is 226 g/mol. The zero-order chi connectivity index (χ0) is 12.5. The molecule has 0 aromatic carbocycles. The van der Waals surface area contributed by atoms with Crippen LogP contribution in [0.4, 0.5) is 0 Å². The molecule has 1 heterocycles. The van der Waals surface area contributed by atoms with Crippen molar-refractivity contribution in [1.82, 2.24) is 4.57 Å². The smallest absolute Gasteiger partial charge is 0.340 e. The van der Waals surface area contributed by atoms with E-state index in [-0.39, 0.29) is 6.54 Å². The lowest BCUT2D eigenvalue weighted by molar-refractivity contribution is 0.0593. The summed E-state index contributed by atoms with van der Waals surface area (Å²) in [5.74, 6) is -0.441. The van der Waals surface area contributed by atoms with E-state index < -0.39 is 12.1 Å². The molecule has 16 heavy (non-hydrogen) atoms. The minimum absolute atomic E-state index is 0.0777. The fraction of sp³-hybridized carbons (Fsp3) is 0.545. The van der Waals surface area contributed by atoms with Crippen LogP contribution in [0.3, 0.4) is 0 Å². The third-order valence-electron chi connectivity index (χ3n) is 2.97. The van der Waals surface area contributed by atoms with Gasteiger partial charge in [0.05, 0.1) is 18.8 Å². The van der Waals surface area contributed by atoms with E-state index in [1.54, 1.807) is 0 Å². The van der Waals surface area contributed by atoms with Crippen LogP contribution in [0.15, 0.2) is 0 Å². The molecule has 0 saturated heterocycles. The van der Waals surface area contributed by atoms with E-state index >= 15 is 0 Å². The Bertz CT molecular complexity index is 410. The van der Waals surface area contributed by atoms with Gasteiger partial charge in [-0.1, -0.05) is 0 Å². The van der Waals surface area contributed by atoms with Crippen molar-refractivity contribution < 1.29 is 14.6 Å². The number of rotatable bonds is 3. The quantitative estimate of drug-likeness (QED) is 0.732. The zero-order valence-electron chi connectivity index (χ0n) is 10.1. The highest BCUT2D eigenvalue weighted by molar-refractivity contribution is 5.93. The topological polar surface area (TPSA) is 77.5 Å². The number of nitrogens with zero attached hydrogens (tertiary/aromatic N) is 1. The summed E-state index contributed by atoms with van der Waals surface area (Å²) in [7, 11) is 3.16. The first-order valence-electron chi connectivity index (χ1n) is 5.07. The van der Waals surface area contributed by atoms with Gasteiger partial charge in [0.15, 0.2) is 0 Å².